The van der Waals surface area contributed by atoms with Crippen molar-refractivity contribution in [3.63, 3.8) is 0 Å². The van der Waals surface area contributed by atoms with Crippen LogP contribution in [0.4, 0.5) is 0 Å². The van der Waals surface area contributed by atoms with E-state index in [-0.39, 0.29) is 0 Å². The first-order valence-corrected chi connectivity index (χ1v) is 7.00. The van der Waals surface area contributed by atoms with Gasteiger partial charge in [0.1, 0.15) is 0 Å². The molecule has 12 heavy (non-hydrogen) atoms. The van der Waals surface area contributed by atoms with Crippen LogP contribution in [0.3, 0.4) is 0 Å². The smallest absolute Gasteiger partial charge is 0.105 e. The first kappa shape index (κ1) is 11.8. The summed E-state index contributed by atoms with van der Waals surface area (Å²) in [6.07, 6.45) is 6.46. The highest BCUT2D eigenvalue weighted by atomic mass is 27.2. The van der Waals surface area contributed by atoms with Crippen molar-refractivity contribution in [3.05, 3.63) is 37.0 Å². The molecular weight excluding hydrogens is 159 g/mol. The molecule has 0 atom stereocenters. The van der Waals surface area contributed by atoms with Gasteiger partial charge in [-0.15, -0.1) is 25.3 Å². The second-order valence-electron chi connectivity index (χ2n) is 3.43. The Labute approximate surface area is 81.1 Å². The molecular formula is C11H19Al. The molecule has 0 unspecified atom stereocenters. The predicted molar refractivity (Wildman–Crippen MR) is 60.0 cm³/mol. The first-order valence-electron chi connectivity index (χ1n) is 4.55. The molecule has 0 saturated carbocycles. The summed E-state index contributed by atoms with van der Waals surface area (Å²) in [4.78, 5) is 0. The van der Waals surface area contributed by atoms with Gasteiger partial charge in [-0.2, -0.15) is 0 Å². The first-order chi connectivity index (χ1) is 5.70. The summed E-state index contributed by atoms with van der Waals surface area (Å²) < 4.78 is 0. The van der Waals surface area contributed by atoms with Crippen molar-refractivity contribution < 1.29 is 0 Å². The Morgan fingerprint density at radius 1 is 1.08 bits per heavy atom. The Kier molecular flexibility index (Phi) is 7.25. The number of allylic oxidation sites excluding steroid dienone is 4. The number of hydrogen-bond acceptors (Lipinski definition) is 0. The van der Waals surface area contributed by atoms with Gasteiger partial charge in [0.15, 0.2) is 0 Å². The van der Waals surface area contributed by atoms with Crippen LogP contribution < -0.4 is 0 Å². The molecule has 0 aromatic carbocycles. The predicted octanol–water partition coefficient (Wildman–Crippen LogP) is 3.82. The highest BCUT2D eigenvalue weighted by Gasteiger charge is 2.10. The van der Waals surface area contributed by atoms with E-state index in [0.29, 0.717) is 0 Å². The van der Waals surface area contributed by atoms with Gasteiger partial charge in [-0.1, -0.05) is 27.5 Å². The summed E-state index contributed by atoms with van der Waals surface area (Å²) in [5.74, 6) is 0. The summed E-state index contributed by atoms with van der Waals surface area (Å²) in [5, 5.41) is 3.76. The Morgan fingerprint density at radius 2 is 1.58 bits per heavy atom. The molecule has 0 spiro atoms. The van der Waals surface area contributed by atoms with Gasteiger partial charge in [0.2, 0.25) is 0 Å². The lowest BCUT2D eigenvalue weighted by Crippen LogP contribution is -2.07. The highest BCUT2D eigenvalue weighted by Crippen LogP contribution is 2.09. The maximum atomic E-state index is 3.79. The zero-order valence-corrected chi connectivity index (χ0v) is 9.50. The van der Waals surface area contributed by atoms with Crippen molar-refractivity contribution in [3.8, 4) is 0 Å². The standard InChI is InChI=1S/C5H9.2C3H5.Al/c1-4-5(2)3;2*1-3-2;/h4H,1H2,2-3H3;2*3H,1-2H2;. The summed E-state index contributed by atoms with van der Waals surface area (Å²) in [6.45, 7) is 11.9. The molecule has 1 heteroatoms. The molecule has 0 aliphatic rings. The molecule has 0 aliphatic heterocycles. The lowest BCUT2D eigenvalue weighted by atomic mass is 10.3. The monoisotopic (exact) mass is 178 g/mol. The van der Waals surface area contributed by atoms with Crippen molar-refractivity contribution in [2.24, 2.45) is 0 Å². The van der Waals surface area contributed by atoms with Gasteiger partial charge >= 0.3 is 0 Å². The van der Waals surface area contributed by atoms with Crippen LogP contribution in [0.1, 0.15) is 13.8 Å². The summed E-state index contributed by atoms with van der Waals surface area (Å²) >= 11 is -0.602. The molecule has 0 nitrogen and oxygen atoms in total. The molecule has 0 radical (unpaired) electrons. The van der Waals surface area contributed by atoms with Crippen LogP contribution in [0.15, 0.2) is 37.0 Å². The fourth-order valence-electron chi connectivity index (χ4n) is 1.16. The van der Waals surface area contributed by atoms with Crippen LogP contribution in [0.5, 0.6) is 0 Å². The van der Waals surface area contributed by atoms with Gasteiger partial charge in [-0.05, 0) is 13.8 Å². The molecule has 0 fully saturated rings. The van der Waals surface area contributed by atoms with E-state index in [1.165, 1.54) is 21.4 Å². The molecule has 66 valence electrons. The summed E-state index contributed by atoms with van der Waals surface area (Å²) in [5.41, 5.74) is 1.43. The second kappa shape index (κ2) is 7.40. The summed E-state index contributed by atoms with van der Waals surface area (Å²) in [6, 6.07) is 0. The molecule has 0 bridgehead atoms. The van der Waals surface area contributed by atoms with Crippen molar-refractivity contribution >= 4 is 14.1 Å². The maximum Gasteiger partial charge on any atom is 0.274 e. The summed E-state index contributed by atoms with van der Waals surface area (Å²) in [7, 11) is 0. The molecule has 0 heterocycles. The zero-order chi connectivity index (χ0) is 9.40. The van der Waals surface area contributed by atoms with Crippen LogP contribution in [0.25, 0.3) is 0 Å². The number of rotatable bonds is 6. The van der Waals surface area contributed by atoms with Crippen LogP contribution >= 0.6 is 0 Å². The lowest BCUT2D eigenvalue weighted by molar-refractivity contribution is 1.33. The normalized spacial score (nSPS) is 8.83. The number of hydrogen-bond donors (Lipinski definition) is 0. The van der Waals surface area contributed by atoms with Crippen LogP contribution in [0.2, 0.25) is 15.8 Å². The SMILES string of the molecule is C=C[CH2][Al]([CH2]C=C)[CH2]C=C(C)C. The van der Waals surface area contributed by atoms with E-state index in [2.05, 4.69) is 45.2 Å². The van der Waals surface area contributed by atoms with Crippen LogP contribution in [-0.2, 0) is 0 Å². The van der Waals surface area contributed by atoms with E-state index in [1.54, 1.807) is 0 Å². The minimum Gasteiger partial charge on any atom is -0.105 e. The van der Waals surface area contributed by atoms with Crippen molar-refractivity contribution in [2.75, 3.05) is 0 Å². The fourth-order valence-corrected chi connectivity index (χ4v) is 3.49. The highest BCUT2D eigenvalue weighted by molar-refractivity contribution is 6.60. The van der Waals surface area contributed by atoms with Gasteiger partial charge in [0.05, 0.1) is 0 Å². The molecule has 0 rings (SSSR count). The van der Waals surface area contributed by atoms with Gasteiger partial charge in [0, 0.05) is 0 Å². The van der Waals surface area contributed by atoms with E-state index in [4.69, 9.17) is 0 Å². The molecule has 0 aromatic heterocycles. The van der Waals surface area contributed by atoms with Crippen molar-refractivity contribution in [1.82, 2.24) is 0 Å². The van der Waals surface area contributed by atoms with E-state index in [1.807, 2.05) is 0 Å². The molecule has 0 saturated heterocycles. The third-order valence-electron chi connectivity index (χ3n) is 1.86. The van der Waals surface area contributed by atoms with Crippen LogP contribution in [-0.4, -0.2) is 14.1 Å². The Morgan fingerprint density at radius 3 is 1.92 bits per heavy atom. The van der Waals surface area contributed by atoms with Crippen molar-refractivity contribution in [1.29, 1.82) is 0 Å². The van der Waals surface area contributed by atoms with Crippen LogP contribution in [0, 0.1) is 0 Å². The quantitative estimate of drug-likeness (QED) is 0.428. The Hall–Kier alpha value is -0.248. The van der Waals surface area contributed by atoms with Gasteiger partial charge < -0.3 is 0 Å². The third kappa shape index (κ3) is 6.46. The minimum atomic E-state index is -0.602. The van der Waals surface area contributed by atoms with E-state index in [9.17, 15) is 0 Å². The molecule has 0 aromatic rings. The van der Waals surface area contributed by atoms with Gasteiger partial charge in [-0.25, -0.2) is 0 Å². The van der Waals surface area contributed by atoms with E-state index in [0.717, 1.165) is 0 Å². The Balaban J connectivity index is 3.85. The average Bonchev–Trinajstić information content (AvgIpc) is 2.01. The third-order valence-corrected chi connectivity index (χ3v) is 4.76. The molecule has 0 N–H and O–H groups in total. The van der Waals surface area contributed by atoms with E-state index >= 15 is 0 Å². The second-order valence-corrected chi connectivity index (χ2v) is 6.58. The van der Waals surface area contributed by atoms with E-state index < -0.39 is 14.1 Å². The fraction of sp³-hybridized carbons (Fsp3) is 0.455. The largest absolute Gasteiger partial charge is 0.274 e. The molecule has 0 amide bonds. The van der Waals surface area contributed by atoms with Gasteiger partial charge in [-0.3, -0.25) is 0 Å². The minimum absolute atomic E-state index is 0.602. The average molecular weight is 178 g/mol. The zero-order valence-electron chi connectivity index (χ0n) is 8.34. The topological polar surface area (TPSA) is 0 Å². The van der Waals surface area contributed by atoms with Gasteiger partial charge in [0.25, 0.3) is 14.1 Å². The lowest BCUT2D eigenvalue weighted by Gasteiger charge is -2.02. The maximum absolute atomic E-state index is 3.79. The van der Waals surface area contributed by atoms with Crippen molar-refractivity contribution in [2.45, 2.75) is 29.7 Å². The Bertz CT molecular complexity index is 154. The molecule has 0 aliphatic carbocycles.